The number of esters is 1. The van der Waals surface area contributed by atoms with Crippen molar-refractivity contribution in [3.05, 3.63) is 81.9 Å². The van der Waals surface area contributed by atoms with Crippen LogP contribution in [-0.2, 0) is 9.53 Å². The average molecular weight is 481 g/mol. The number of hydrogen-bond donors (Lipinski definition) is 1. The van der Waals surface area contributed by atoms with E-state index in [0.717, 1.165) is 16.1 Å². The number of ether oxygens (including phenoxy) is 1. The zero-order chi connectivity index (χ0) is 23.4. The summed E-state index contributed by atoms with van der Waals surface area (Å²) in [7, 11) is 0. The number of hydrogen-bond acceptors (Lipinski definition) is 7. The molecule has 0 unspecified atom stereocenters. The van der Waals surface area contributed by atoms with Crippen molar-refractivity contribution in [1.29, 1.82) is 0 Å². The second-order valence-electron chi connectivity index (χ2n) is 6.93. The van der Waals surface area contributed by atoms with Crippen LogP contribution in [0.5, 0.6) is 0 Å². The lowest BCUT2D eigenvalue weighted by Gasteiger charge is -2.07. The number of carbonyl (C=O) groups excluding carboxylic acids is 3. The third kappa shape index (κ3) is 5.19. The second-order valence-corrected chi connectivity index (χ2v) is 8.54. The van der Waals surface area contributed by atoms with E-state index in [-0.39, 0.29) is 16.3 Å². The van der Waals surface area contributed by atoms with E-state index >= 15 is 0 Å². The molecule has 0 bridgehead atoms. The van der Waals surface area contributed by atoms with Crippen LogP contribution in [0.4, 0.5) is 5.13 Å². The van der Waals surface area contributed by atoms with Crippen LogP contribution in [0.2, 0.25) is 5.02 Å². The largest absolute Gasteiger partial charge is 0.453 e. The van der Waals surface area contributed by atoms with Crippen LogP contribution in [0, 0.1) is 6.92 Å². The predicted molar refractivity (Wildman–Crippen MR) is 126 cm³/mol. The molecule has 33 heavy (non-hydrogen) atoms. The lowest BCUT2D eigenvalue weighted by atomic mass is 10.1. The molecule has 2 heterocycles. The summed E-state index contributed by atoms with van der Waals surface area (Å²) >= 11 is 7.47. The molecular weight excluding hydrogens is 464 g/mol. The van der Waals surface area contributed by atoms with Crippen molar-refractivity contribution >= 4 is 46.2 Å². The molecule has 0 saturated heterocycles. The Morgan fingerprint density at radius 3 is 2.64 bits per heavy atom. The molecule has 0 saturated carbocycles. The number of aromatic nitrogens is 1. The van der Waals surface area contributed by atoms with Gasteiger partial charge in [-0.2, -0.15) is 0 Å². The lowest BCUT2D eigenvalue weighted by molar-refractivity contribution is -0.119. The zero-order valence-corrected chi connectivity index (χ0v) is 18.9. The van der Waals surface area contributed by atoms with E-state index in [0.29, 0.717) is 22.7 Å². The summed E-state index contributed by atoms with van der Waals surface area (Å²) in [6.45, 7) is 1.41. The van der Waals surface area contributed by atoms with Crippen molar-refractivity contribution in [2.75, 3.05) is 11.9 Å². The fraction of sp³-hybridized carbons (Fsp3) is 0.0833. The number of aryl methyl sites for hydroxylation is 1. The monoisotopic (exact) mass is 480 g/mol. The van der Waals surface area contributed by atoms with Crippen molar-refractivity contribution in [3.63, 3.8) is 0 Å². The first-order chi connectivity index (χ1) is 15.9. The molecule has 7 nitrogen and oxygen atoms in total. The topological polar surface area (TPSA) is 98.5 Å². The molecule has 0 aliphatic heterocycles. The highest BCUT2D eigenvalue weighted by atomic mass is 35.5. The summed E-state index contributed by atoms with van der Waals surface area (Å²) in [4.78, 5) is 41.1. The number of thiazole rings is 1. The Labute approximate surface area is 198 Å². The van der Waals surface area contributed by atoms with Gasteiger partial charge in [-0.25, -0.2) is 9.78 Å². The number of carbonyl (C=O) groups is 3. The third-order valence-corrected chi connectivity index (χ3v) is 5.85. The van der Waals surface area contributed by atoms with Crippen LogP contribution >= 0.6 is 22.9 Å². The van der Waals surface area contributed by atoms with Crippen LogP contribution in [0.25, 0.3) is 22.6 Å². The van der Waals surface area contributed by atoms with Crippen LogP contribution in [0.1, 0.15) is 25.8 Å². The molecule has 0 fully saturated rings. The van der Waals surface area contributed by atoms with Gasteiger partial charge in [0.05, 0.1) is 16.3 Å². The fourth-order valence-electron chi connectivity index (χ4n) is 3.08. The molecule has 0 spiro atoms. The second kappa shape index (κ2) is 9.81. The zero-order valence-electron chi connectivity index (χ0n) is 17.3. The number of aldehydes is 1. The van der Waals surface area contributed by atoms with Gasteiger partial charge in [0.1, 0.15) is 5.76 Å². The van der Waals surface area contributed by atoms with Gasteiger partial charge in [0.25, 0.3) is 5.91 Å². The van der Waals surface area contributed by atoms with Gasteiger partial charge < -0.3 is 9.15 Å². The van der Waals surface area contributed by atoms with Gasteiger partial charge in [-0.15, -0.1) is 11.3 Å². The minimum absolute atomic E-state index is 0.0717. The average Bonchev–Trinajstić information content (AvgIpc) is 3.45. The summed E-state index contributed by atoms with van der Waals surface area (Å²) in [5.41, 5.74) is 2.34. The first-order valence-corrected chi connectivity index (χ1v) is 11.0. The predicted octanol–water partition coefficient (Wildman–Crippen LogP) is 5.64. The Balaban J connectivity index is 1.40. The van der Waals surface area contributed by atoms with E-state index < -0.39 is 18.5 Å². The highest BCUT2D eigenvalue weighted by Crippen LogP contribution is 2.30. The van der Waals surface area contributed by atoms with Crippen molar-refractivity contribution in [3.8, 4) is 22.6 Å². The van der Waals surface area contributed by atoms with Crippen molar-refractivity contribution in [2.45, 2.75) is 6.92 Å². The maximum absolute atomic E-state index is 12.5. The Morgan fingerprint density at radius 2 is 1.91 bits per heavy atom. The Bertz CT molecular complexity index is 1330. The smallest absolute Gasteiger partial charge is 0.340 e. The Morgan fingerprint density at radius 1 is 1.12 bits per heavy atom. The first-order valence-electron chi connectivity index (χ1n) is 9.79. The number of benzene rings is 2. The normalized spacial score (nSPS) is 10.6. The van der Waals surface area contributed by atoms with E-state index in [1.165, 1.54) is 29.5 Å². The molecule has 166 valence electrons. The van der Waals surface area contributed by atoms with Crippen molar-refractivity contribution in [1.82, 2.24) is 4.98 Å². The molecule has 0 aliphatic rings. The highest BCUT2D eigenvalue weighted by Gasteiger charge is 2.17. The van der Waals surface area contributed by atoms with Crippen molar-refractivity contribution in [2.24, 2.45) is 0 Å². The van der Waals surface area contributed by atoms with E-state index in [1.54, 1.807) is 12.1 Å². The SMILES string of the molecule is Cc1sc(NC(=O)COC(=O)c2cc(-c3ccc(C=O)o3)ccc2Cl)nc1-c1ccccc1. The molecule has 1 N–H and O–H groups in total. The number of rotatable bonds is 7. The highest BCUT2D eigenvalue weighted by molar-refractivity contribution is 7.16. The number of anilines is 1. The molecule has 1 amide bonds. The van der Waals surface area contributed by atoms with E-state index in [9.17, 15) is 14.4 Å². The third-order valence-electron chi connectivity index (χ3n) is 4.64. The molecule has 0 atom stereocenters. The summed E-state index contributed by atoms with van der Waals surface area (Å²) in [6.07, 6.45) is 0.583. The molecule has 4 rings (SSSR count). The quantitative estimate of drug-likeness (QED) is 0.271. The minimum atomic E-state index is -0.764. The molecule has 0 aliphatic carbocycles. The maximum atomic E-state index is 12.5. The first kappa shape index (κ1) is 22.4. The number of nitrogens with one attached hydrogen (secondary N) is 1. The molecule has 9 heteroatoms. The summed E-state index contributed by atoms with van der Waals surface area (Å²) in [5.74, 6) is -0.729. The van der Waals surface area contributed by atoms with Crippen LogP contribution in [0.15, 0.2) is 65.1 Å². The Hall–Kier alpha value is -3.75. The van der Waals surface area contributed by atoms with Gasteiger partial charge in [0, 0.05) is 16.0 Å². The maximum Gasteiger partial charge on any atom is 0.340 e. The summed E-state index contributed by atoms with van der Waals surface area (Å²) in [5, 5.41) is 3.23. The Kier molecular flexibility index (Phi) is 6.67. The van der Waals surface area contributed by atoms with Gasteiger partial charge in [0.15, 0.2) is 23.8 Å². The van der Waals surface area contributed by atoms with Gasteiger partial charge in [0.2, 0.25) is 0 Å². The van der Waals surface area contributed by atoms with Crippen LogP contribution in [0.3, 0.4) is 0 Å². The molecule has 2 aromatic heterocycles. The number of halogens is 1. The number of amides is 1. The molecule has 2 aromatic carbocycles. The van der Waals surface area contributed by atoms with Gasteiger partial charge in [-0.3, -0.25) is 14.9 Å². The van der Waals surface area contributed by atoms with Crippen molar-refractivity contribution < 1.29 is 23.5 Å². The lowest BCUT2D eigenvalue weighted by Crippen LogP contribution is -2.21. The molecule has 4 aromatic rings. The molecule has 0 radical (unpaired) electrons. The minimum Gasteiger partial charge on any atom is -0.453 e. The van der Waals surface area contributed by atoms with E-state index in [4.69, 9.17) is 20.8 Å². The van der Waals surface area contributed by atoms with E-state index in [1.807, 2.05) is 37.3 Å². The van der Waals surface area contributed by atoms with Crippen LogP contribution < -0.4 is 5.32 Å². The summed E-state index contributed by atoms with van der Waals surface area (Å²) in [6, 6.07) is 17.4. The van der Waals surface area contributed by atoms with Gasteiger partial charge >= 0.3 is 5.97 Å². The number of nitrogens with zero attached hydrogens (tertiary/aromatic N) is 1. The van der Waals surface area contributed by atoms with Crippen LogP contribution in [-0.4, -0.2) is 29.8 Å². The number of furan rings is 1. The fourth-order valence-corrected chi connectivity index (χ4v) is 4.13. The molecular formula is C24H17ClN2O5S. The standard InChI is InChI=1S/C24H17ClN2O5S/c1-14-22(15-5-3-2-4-6-15)27-24(33-14)26-21(29)13-31-23(30)18-11-16(7-9-19(18)25)20-10-8-17(12-28)32-20/h2-12H,13H2,1H3,(H,26,27,29). The van der Waals surface area contributed by atoms with Gasteiger partial charge in [-0.05, 0) is 37.3 Å². The summed E-state index contributed by atoms with van der Waals surface area (Å²) < 4.78 is 10.5. The van der Waals surface area contributed by atoms with Gasteiger partial charge in [-0.1, -0.05) is 41.9 Å². The van der Waals surface area contributed by atoms with E-state index in [2.05, 4.69) is 10.3 Å².